The maximum atomic E-state index is 11.7. The van der Waals surface area contributed by atoms with Crippen LogP contribution in [0, 0.1) is 0 Å². The first-order valence-corrected chi connectivity index (χ1v) is 9.89. The molecule has 1 heterocycles. The summed E-state index contributed by atoms with van der Waals surface area (Å²) in [6, 6.07) is 20.3. The second kappa shape index (κ2) is 12.2. The van der Waals surface area contributed by atoms with Crippen LogP contribution in [0.3, 0.4) is 0 Å². The zero-order valence-corrected chi connectivity index (χ0v) is 19.3. The number of halogens is 1. The first-order valence-electron chi connectivity index (χ1n) is 9.89. The van der Waals surface area contributed by atoms with E-state index in [1.54, 1.807) is 0 Å². The summed E-state index contributed by atoms with van der Waals surface area (Å²) in [5.74, 6) is 0.599. The standard InChI is InChI=1S/C22H27N5O2.HI/c1-2-23-21(24-13-14-27-20(28)16-26-22(27)29)25-15-19(17-9-5-3-6-10-17)18-11-7-4-8-12-18;/h3-12,19H,2,13-16H2,1H3,(H,26,29)(H2,23,24,25);1H. The van der Waals surface area contributed by atoms with E-state index in [0.29, 0.717) is 25.6 Å². The van der Waals surface area contributed by atoms with Crippen molar-refractivity contribution < 1.29 is 9.59 Å². The molecule has 0 atom stereocenters. The van der Waals surface area contributed by atoms with Crippen LogP contribution < -0.4 is 16.0 Å². The number of nitrogens with zero attached hydrogens (tertiary/aromatic N) is 2. The number of amides is 3. The molecule has 8 heteroatoms. The molecule has 0 radical (unpaired) electrons. The number of hydrogen-bond acceptors (Lipinski definition) is 3. The van der Waals surface area contributed by atoms with Gasteiger partial charge in [0.2, 0.25) is 5.91 Å². The molecule has 0 unspecified atom stereocenters. The summed E-state index contributed by atoms with van der Waals surface area (Å²) in [6.45, 7) is 4.11. The quantitative estimate of drug-likeness (QED) is 0.216. The number of hydrogen-bond donors (Lipinski definition) is 3. The highest BCUT2D eigenvalue weighted by Crippen LogP contribution is 2.24. The third-order valence-electron chi connectivity index (χ3n) is 4.74. The summed E-state index contributed by atoms with van der Waals surface area (Å²) in [7, 11) is 0. The fourth-order valence-electron chi connectivity index (χ4n) is 3.27. The van der Waals surface area contributed by atoms with Crippen molar-refractivity contribution in [3.05, 3.63) is 71.8 Å². The number of guanidine groups is 1. The van der Waals surface area contributed by atoms with Gasteiger partial charge in [-0.05, 0) is 18.1 Å². The monoisotopic (exact) mass is 521 g/mol. The minimum absolute atomic E-state index is 0. The zero-order chi connectivity index (χ0) is 20.5. The molecule has 1 aliphatic rings. The van der Waals surface area contributed by atoms with Crippen LogP contribution in [0.15, 0.2) is 65.7 Å². The summed E-state index contributed by atoms with van der Waals surface area (Å²) in [5.41, 5.74) is 2.41. The molecule has 7 nitrogen and oxygen atoms in total. The molecular formula is C22H28IN5O2. The number of benzene rings is 2. The third-order valence-corrected chi connectivity index (χ3v) is 4.74. The summed E-state index contributed by atoms with van der Waals surface area (Å²) >= 11 is 0. The van der Waals surface area contributed by atoms with Crippen LogP contribution >= 0.6 is 24.0 Å². The molecule has 1 aliphatic heterocycles. The van der Waals surface area contributed by atoms with Crippen molar-refractivity contribution in [2.45, 2.75) is 12.8 Å². The van der Waals surface area contributed by atoms with E-state index >= 15 is 0 Å². The van der Waals surface area contributed by atoms with Gasteiger partial charge < -0.3 is 16.0 Å². The molecule has 30 heavy (non-hydrogen) atoms. The van der Waals surface area contributed by atoms with E-state index in [-0.39, 0.29) is 48.4 Å². The van der Waals surface area contributed by atoms with E-state index in [0.717, 1.165) is 6.54 Å². The number of aliphatic imine (C=N–C) groups is 1. The fraction of sp³-hybridized carbons (Fsp3) is 0.318. The van der Waals surface area contributed by atoms with Crippen molar-refractivity contribution in [2.24, 2.45) is 4.99 Å². The van der Waals surface area contributed by atoms with Crippen LogP contribution in [-0.2, 0) is 4.79 Å². The van der Waals surface area contributed by atoms with Crippen molar-refractivity contribution in [2.75, 3.05) is 32.7 Å². The first kappa shape index (κ1) is 23.7. The third kappa shape index (κ3) is 6.45. The second-order valence-corrected chi connectivity index (χ2v) is 6.72. The van der Waals surface area contributed by atoms with Gasteiger partial charge in [0.05, 0.1) is 13.1 Å². The van der Waals surface area contributed by atoms with Gasteiger partial charge in [-0.1, -0.05) is 60.7 Å². The molecule has 1 saturated heterocycles. The van der Waals surface area contributed by atoms with E-state index in [1.165, 1.54) is 16.0 Å². The summed E-state index contributed by atoms with van der Waals surface area (Å²) in [5, 5.41) is 8.96. The molecule has 3 N–H and O–H groups in total. The van der Waals surface area contributed by atoms with Gasteiger partial charge in [0.15, 0.2) is 5.96 Å². The largest absolute Gasteiger partial charge is 0.357 e. The Morgan fingerprint density at radius 2 is 1.63 bits per heavy atom. The number of nitrogens with one attached hydrogen (secondary N) is 3. The molecule has 2 aromatic carbocycles. The molecule has 0 bridgehead atoms. The van der Waals surface area contributed by atoms with Crippen LogP contribution in [0.2, 0.25) is 0 Å². The molecule has 3 amide bonds. The van der Waals surface area contributed by atoms with Crippen molar-refractivity contribution in [1.29, 1.82) is 0 Å². The molecule has 0 saturated carbocycles. The highest BCUT2D eigenvalue weighted by atomic mass is 127. The van der Waals surface area contributed by atoms with Gasteiger partial charge in [0.1, 0.15) is 0 Å². The smallest absolute Gasteiger partial charge is 0.324 e. The van der Waals surface area contributed by atoms with E-state index in [9.17, 15) is 9.59 Å². The Bertz CT molecular complexity index is 790. The highest BCUT2D eigenvalue weighted by Gasteiger charge is 2.27. The zero-order valence-electron chi connectivity index (χ0n) is 17.0. The van der Waals surface area contributed by atoms with Crippen LogP contribution in [0.1, 0.15) is 24.0 Å². The minimum atomic E-state index is -0.341. The first-order chi connectivity index (χ1) is 14.2. The van der Waals surface area contributed by atoms with Gasteiger partial charge in [-0.15, -0.1) is 24.0 Å². The normalized spacial score (nSPS) is 13.8. The van der Waals surface area contributed by atoms with Gasteiger partial charge in [-0.2, -0.15) is 0 Å². The molecular weight excluding hydrogens is 493 g/mol. The number of rotatable bonds is 8. The minimum Gasteiger partial charge on any atom is -0.357 e. The van der Waals surface area contributed by atoms with Crippen LogP contribution in [0.4, 0.5) is 4.79 Å². The Morgan fingerprint density at radius 3 is 2.13 bits per heavy atom. The predicted octanol–water partition coefficient (Wildman–Crippen LogP) is 2.54. The van der Waals surface area contributed by atoms with Gasteiger partial charge >= 0.3 is 6.03 Å². The fourth-order valence-corrected chi connectivity index (χ4v) is 3.27. The van der Waals surface area contributed by atoms with Gasteiger partial charge in [-0.25, -0.2) is 4.79 Å². The molecule has 1 fully saturated rings. The SMILES string of the molecule is CCNC(=NCC(c1ccccc1)c1ccccc1)NCCN1C(=O)CNC1=O.I. The molecule has 3 rings (SSSR count). The van der Waals surface area contributed by atoms with Crippen LogP contribution in [0.25, 0.3) is 0 Å². The topological polar surface area (TPSA) is 85.8 Å². The van der Waals surface area contributed by atoms with Crippen molar-refractivity contribution in [1.82, 2.24) is 20.9 Å². The number of urea groups is 1. The van der Waals surface area contributed by atoms with E-state index in [1.807, 2.05) is 43.3 Å². The number of carbonyl (C=O) groups excluding carboxylic acids is 2. The number of carbonyl (C=O) groups is 2. The summed E-state index contributed by atoms with van der Waals surface area (Å²) < 4.78 is 0. The lowest BCUT2D eigenvalue weighted by Gasteiger charge is -2.18. The Labute approximate surface area is 194 Å². The lowest BCUT2D eigenvalue weighted by atomic mass is 9.91. The lowest BCUT2D eigenvalue weighted by molar-refractivity contribution is -0.124. The molecule has 160 valence electrons. The summed E-state index contributed by atoms with van der Waals surface area (Å²) in [4.78, 5) is 29.3. The van der Waals surface area contributed by atoms with Gasteiger partial charge in [0.25, 0.3) is 0 Å². The van der Waals surface area contributed by atoms with E-state index < -0.39 is 0 Å². The van der Waals surface area contributed by atoms with Gasteiger partial charge in [-0.3, -0.25) is 14.7 Å². The average molecular weight is 521 g/mol. The van der Waals surface area contributed by atoms with E-state index in [4.69, 9.17) is 4.99 Å². The molecule has 0 aromatic heterocycles. The molecule has 0 spiro atoms. The average Bonchev–Trinajstić information content (AvgIpc) is 3.07. The molecule has 0 aliphatic carbocycles. The van der Waals surface area contributed by atoms with Gasteiger partial charge in [0, 0.05) is 25.6 Å². The Hall–Kier alpha value is -2.62. The second-order valence-electron chi connectivity index (χ2n) is 6.72. The van der Waals surface area contributed by atoms with Crippen molar-refractivity contribution in [3.8, 4) is 0 Å². The highest BCUT2D eigenvalue weighted by molar-refractivity contribution is 14.0. The lowest BCUT2D eigenvalue weighted by Crippen LogP contribution is -2.43. The number of imide groups is 1. The maximum Gasteiger partial charge on any atom is 0.324 e. The Balaban J connectivity index is 0.00000320. The van der Waals surface area contributed by atoms with E-state index in [2.05, 4.69) is 40.2 Å². The van der Waals surface area contributed by atoms with Crippen molar-refractivity contribution >= 4 is 41.9 Å². The Kier molecular flexibility index (Phi) is 9.59. The summed E-state index contributed by atoms with van der Waals surface area (Å²) in [6.07, 6.45) is 0. The van der Waals surface area contributed by atoms with Crippen LogP contribution in [0.5, 0.6) is 0 Å². The Morgan fingerprint density at radius 1 is 1.03 bits per heavy atom. The molecule has 2 aromatic rings. The van der Waals surface area contributed by atoms with Crippen LogP contribution in [-0.4, -0.2) is 55.5 Å². The predicted molar refractivity (Wildman–Crippen MR) is 129 cm³/mol. The maximum absolute atomic E-state index is 11.7. The van der Waals surface area contributed by atoms with Crippen molar-refractivity contribution in [3.63, 3.8) is 0 Å².